The summed E-state index contributed by atoms with van der Waals surface area (Å²) in [6.45, 7) is 3.55. The van der Waals surface area contributed by atoms with E-state index in [9.17, 15) is 9.90 Å². The van der Waals surface area contributed by atoms with Gasteiger partial charge in [0.25, 0.3) is 5.91 Å². The van der Waals surface area contributed by atoms with Gasteiger partial charge in [-0.15, -0.1) is 0 Å². The lowest BCUT2D eigenvalue weighted by molar-refractivity contribution is 0.0951. The molecule has 0 radical (unpaired) electrons. The van der Waals surface area contributed by atoms with Crippen LogP contribution in [0.15, 0.2) is 18.3 Å². The second-order valence-electron chi connectivity index (χ2n) is 4.78. The van der Waals surface area contributed by atoms with Gasteiger partial charge in [0.05, 0.1) is 12.6 Å². The molecule has 5 nitrogen and oxygen atoms in total. The molecule has 1 saturated heterocycles. The lowest BCUT2D eigenvalue weighted by Gasteiger charge is -2.36. The Morgan fingerprint density at radius 1 is 1.58 bits per heavy atom. The van der Waals surface area contributed by atoms with Gasteiger partial charge in [-0.3, -0.25) is 9.78 Å². The second kappa shape index (κ2) is 6.52. The summed E-state index contributed by atoms with van der Waals surface area (Å²) in [5.74, 6) is -0.151. The van der Waals surface area contributed by atoms with Crippen molar-refractivity contribution in [1.29, 1.82) is 0 Å². The van der Waals surface area contributed by atoms with E-state index in [1.54, 1.807) is 12.3 Å². The fourth-order valence-corrected chi connectivity index (χ4v) is 2.50. The van der Waals surface area contributed by atoms with Gasteiger partial charge in [0, 0.05) is 25.0 Å². The maximum atomic E-state index is 11.8. The number of aliphatic hydroxyl groups excluding tert-OH is 1. The minimum absolute atomic E-state index is 0.151. The molecule has 1 aliphatic rings. The van der Waals surface area contributed by atoms with E-state index in [-0.39, 0.29) is 18.6 Å². The number of aromatic nitrogens is 1. The minimum atomic E-state index is -0.151. The molecule has 1 fully saturated rings. The molecule has 19 heavy (non-hydrogen) atoms. The highest BCUT2D eigenvalue weighted by atomic mass is 16.3. The van der Waals surface area contributed by atoms with Gasteiger partial charge in [-0.2, -0.15) is 0 Å². The average molecular weight is 263 g/mol. The summed E-state index contributed by atoms with van der Waals surface area (Å²) < 4.78 is 0. The Balaban J connectivity index is 2.19. The van der Waals surface area contributed by atoms with Crippen molar-refractivity contribution in [2.24, 2.45) is 0 Å². The number of carbonyl (C=O) groups is 1. The molecule has 1 amide bonds. The van der Waals surface area contributed by atoms with Crippen LogP contribution >= 0.6 is 0 Å². The van der Waals surface area contributed by atoms with E-state index in [2.05, 4.69) is 15.2 Å². The molecule has 0 spiro atoms. The lowest BCUT2D eigenvalue weighted by Crippen LogP contribution is -2.42. The van der Waals surface area contributed by atoms with Crippen molar-refractivity contribution in [3.05, 3.63) is 24.0 Å². The standard InChI is InChI=1S/C14H21N3O2/c1-2-15-14(19)13-9-11(6-7-16-13)17-8-4-3-5-12(17)10-18/h6-7,9,12,18H,2-5,8,10H2,1H3,(H,15,19). The first-order chi connectivity index (χ1) is 9.26. The maximum absolute atomic E-state index is 11.8. The van der Waals surface area contributed by atoms with Crippen LogP contribution in [0.3, 0.4) is 0 Å². The van der Waals surface area contributed by atoms with Crippen LogP contribution < -0.4 is 10.2 Å². The third kappa shape index (κ3) is 3.23. The largest absolute Gasteiger partial charge is 0.394 e. The molecule has 1 aliphatic heterocycles. The monoisotopic (exact) mass is 263 g/mol. The van der Waals surface area contributed by atoms with Crippen molar-refractivity contribution in [2.75, 3.05) is 24.6 Å². The third-order valence-corrected chi connectivity index (χ3v) is 3.48. The van der Waals surface area contributed by atoms with E-state index in [4.69, 9.17) is 0 Å². The summed E-state index contributed by atoms with van der Waals surface area (Å²) in [5.41, 5.74) is 1.40. The number of aliphatic hydroxyl groups is 1. The number of hydrogen-bond donors (Lipinski definition) is 2. The molecule has 0 bridgehead atoms. The molecule has 1 atom stereocenters. The smallest absolute Gasteiger partial charge is 0.269 e. The van der Waals surface area contributed by atoms with Gasteiger partial charge in [-0.05, 0) is 38.3 Å². The van der Waals surface area contributed by atoms with Gasteiger partial charge in [-0.1, -0.05) is 0 Å². The topological polar surface area (TPSA) is 65.5 Å². The zero-order chi connectivity index (χ0) is 13.7. The van der Waals surface area contributed by atoms with Crippen LogP contribution in [-0.4, -0.2) is 41.7 Å². The first-order valence-corrected chi connectivity index (χ1v) is 6.88. The Labute approximate surface area is 113 Å². The van der Waals surface area contributed by atoms with E-state index in [1.807, 2.05) is 13.0 Å². The van der Waals surface area contributed by atoms with Crippen molar-refractivity contribution >= 4 is 11.6 Å². The van der Waals surface area contributed by atoms with Gasteiger partial charge >= 0.3 is 0 Å². The highest BCUT2D eigenvalue weighted by Crippen LogP contribution is 2.24. The molecule has 2 rings (SSSR count). The first-order valence-electron chi connectivity index (χ1n) is 6.88. The molecule has 0 aliphatic carbocycles. The van der Waals surface area contributed by atoms with E-state index < -0.39 is 0 Å². The Hall–Kier alpha value is -1.62. The Kier molecular flexibility index (Phi) is 4.74. The Bertz CT molecular complexity index is 436. The van der Waals surface area contributed by atoms with Crippen molar-refractivity contribution in [3.63, 3.8) is 0 Å². The molecule has 1 aromatic heterocycles. The number of carbonyl (C=O) groups excluding carboxylic acids is 1. The predicted molar refractivity (Wildman–Crippen MR) is 74.3 cm³/mol. The highest BCUT2D eigenvalue weighted by molar-refractivity contribution is 5.93. The number of pyridine rings is 1. The Morgan fingerprint density at radius 3 is 3.16 bits per heavy atom. The summed E-state index contributed by atoms with van der Waals surface area (Å²) in [4.78, 5) is 18.1. The number of anilines is 1. The van der Waals surface area contributed by atoms with Gasteiger partial charge in [0.15, 0.2) is 0 Å². The number of nitrogens with one attached hydrogen (secondary N) is 1. The van der Waals surface area contributed by atoms with Crippen LogP contribution in [0, 0.1) is 0 Å². The molecule has 0 aromatic carbocycles. The molecule has 1 aromatic rings. The first kappa shape index (κ1) is 13.8. The molecular formula is C14H21N3O2. The normalized spacial score (nSPS) is 19.3. The molecular weight excluding hydrogens is 242 g/mol. The van der Waals surface area contributed by atoms with Crippen LogP contribution in [0.1, 0.15) is 36.7 Å². The zero-order valence-corrected chi connectivity index (χ0v) is 11.3. The van der Waals surface area contributed by atoms with E-state index in [0.717, 1.165) is 31.5 Å². The number of hydrogen-bond acceptors (Lipinski definition) is 4. The van der Waals surface area contributed by atoms with E-state index in [1.165, 1.54) is 0 Å². The highest BCUT2D eigenvalue weighted by Gasteiger charge is 2.22. The number of rotatable bonds is 4. The Morgan fingerprint density at radius 2 is 2.42 bits per heavy atom. The molecule has 2 N–H and O–H groups in total. The number of nitrogens with zero attached hydrogens (tertiary/aromatic N) is 2. The van der Waals surface area contributed by atoms with Crippen molar-refractivity contribution < 1.29 is 9.90 Å². The van der Waals surface area contributed by atoms with Crippen LogP contribution in [0.2, 0.25) is 0 Å². The molecule has 0 saturated carbocycles. The number of piperidine rings is 1. The summed E-state index contributed by atoms with van der Waals surface area (Å²) in [7, 11) is 0. The van der Waals surface area contributed by atoms with Gasteiger partial charge < -0.3 is 15.3 Å². The summed E-state index contributed by atoms with van der Waals surface area (Å²) in [6, 6.07) is 3.86. The SMILES string of the molecule is CCNC(=O)c1cc(N2CCCCC2CO)ccn1. The maximum Gasteiger partial charge on any atom is 0.269 e. The van der Waals surface area contributed by atoms with Crippen LogP contribution in [-0.2, 0) is 0 Å². The van der Waals surface area contributed by atoms with Gasteiger partial charge in [0.2, 0.25) is 0 Å². The van der Waals surface area contributed by atoms with Crippen LogP contribution in [0.4, 0.5) is 5.69 Å². The molecule has 1 unspecified atom stereocenters. The van der Waals surface area contributed by atoms with Crippen molar-refractivity contribution in [3.8, 4) is 0 Å². The zero-order valence-electron chi connectivity index (χ0n) is 11.3. The average Bonchev–Trinajstić information content (AvgIpc) is 2.47. The van der Waals surface area contributed by atoms with E-state index in [0.29, 0.717) is 12.2 Å². The van der Waals surface area contributed by atoms with Crippen molar-refractivity contribution in [2.45, 2.75) is 32.2 Å². The third-order valence-electron chi connectivity index (χ3n) is 3.48. The van der Waals surface area contributed by atoms with Crippen LogP contribution in [0.25, 0.3) is 0 Å². The van der Waals surface area contributed by atoms with E-state index >= 15 is 0 Å². The predicted octanol–water partition coefficient (Wildman–Crippen LogP) is 1.18. The quantitative estimate of drug-likeness (QED) is 0.856. The fourth-order valence-electron chi connectivity index (χ4n) is 2.50. The minimum Gasteiger partial charge on any atom is -0.394 e. The van der Waals surface area contributed by atoms with Gasteiger partial charge in [-0.25, -0.2) is 0 Å². The molecule has 5 heteroatoms. The van der Waals surface area contributed by atoms with Crippen molar-refractivity contribution in [1.82, 2.24) is 10.3 Å². The lowest BCUT2D eigenvalue weighted by atomic mass is 10.0. The second-order valence-corrected chi connectivity index (χ2v) is 4.78. The summed E-state index contributed by atoms with van der Waals surface area (Å²) in [5, 5.41) is 12.2. The molecule has 2 heterocycles. The van der Waals surface area contributed by atoms with Crippen LogP contribution in [0.5, 0.6) is 0 Å². The fraction of sp³-hybridized carbons (Fsp3) is 0.571. The van der Waals surface area contributed by atoms with Gasteiger partial charge in [0.1, 0.15) is 5.69 Å². The molecule has 104 valence electrons. The summed E-state index contributed by atoms with van der Waals surface area (Å²) in [6.07, 6.45) is 4.92. The number of amides is 1. The summed E-state index contributed by atoms with van der Waals surface area (Å²) >= 11 is 0.